The molecule has 9 heteroatoms. The topological polar surface area (TPSA) is 136 Å². The second-order valence-corrected chi connectivity index (χ2v) is 10.2. The van der Waals surface area contributed by atoms with Crippen molar-refractivity contribution in [2.45, 2.75) is 51.0 Å². The van der Waals surface area contributed by atoms with Crippen molar-refractivity contribution in [3.8, 4) is 0 Å². The van der Waals surface area contributed by atoms with Crippen LogP contribution in [-0.4, -0.2) is 52.3 Å². The van der Waals surface area contributed by atoms with E-state index in [1.54, 1.807) is 24.3 Å². The van der Waals surface area contributed by atoms with Crippen LogP contribution in [0.4, 0.5) is 0 Å². The van der Waals surface area contributed by atoms with Crippen molar-refractivity contribution in [1.29, 1.82) is 0 Å². The number of thioether (sulfide) groups is 1. The Hall–Kier alpha value is -2.78. The third-order valence-corrected chi connectivity index (χ3v) is 8.51. The first-order chi connectivity index (χ1) is 16.8. The molecule has 2 unspecified atom stereocenters. The van der Waals surface area contributed by atoms with Gasteiger partial charge in [-0.3, -0.25) is 14.4 Å². The first-order valence-corrected chi connectivity index (χ1v) is 13.0. The summed E-state index contributed by atoms with van der Waals surface area (Å²) in [6.45, 7) is 2.38. The molecule has 0 saturated heterocycles. The monoisotopic (exact) mass is 501 g/mol. The number of hydrogen-bond acceptors (Lipinski definition) is 9. The molecular formula is C26H31NO7S. The minimum absolute atomic E-state index is 0.0724. The first kappa shape index (κ1) is 25.3. The van der Waals surface area contributed by atoms with Crippen LogP contribution in [0.5, 0.6) is 0 Å². The number of nitrogens with two attached hydrogens (primary N) is 1. The molecule has 1 saturated carbocycles. The normalized spacial score (nSPS) is 24.9. The summed E-state index contributed by atoms with van der Waals surface area (Å²) in [6, 6.07) is 6.90. The highest BCUT2D eigenvalue weighted by Gasteiger charge is 2.48. The Balaban J connectivity index is 1.58. The molecule has 3 atom stereocenters. The average molecular weight is 502 g/mol. The van der Waals surface area contributed by atoms with E-state index in [0.717, 1.165) is 12.8 Å². The molecule has 8 nitrogen and oxygen atoms in total. The molecule has 3 aliphatic rings. The molecule has 1 heterocycles. The van der Waals surface area contributed by atoms with E-state index < -0.39 is 35.0 Å². The molecule has 188 valence electrons. The Kier molecular flexibility index (Phi) is 7.56. The summed E-state index contributed by atoms with van der Waals surface area (Å²) in [7, 11) is 0. The maximum Gasteiger partial charge on any atom is 0.313 e. The molecule has 0 spiro atoms. The van der Waals surface area contributed by atoms with Crippen LogP contribution in [0.15, 0.2) is 40.7 Å². The van der Waals surface area contributed by atoms with Gasteiger partial charge in [-0.05, 0) is 32.2 Å². The molecule has 1 aromatic rings. The van der Waals surface area contributed by atoms with E-state index in [9.17, 15) is 24.6 Å². The lowest BCUT2D eigenvalue weighted by Crippen LogP contribution is -2.49. The van der Waals surface area contributed by atoms with E-state index >= 15 is 0 Å². The molecule has 4 rings (SSSR count). The second-order valence-electron chi connectivity index (χ2n) is 9.24. The molecule has 35 heavy (non-hydrogen) atoms. The van der Waals surface area contributed by atoms with E-state index in [1.165, 1.54) is 11.8 Å². The number of rotatable bonds is 7. The predicted octanol–water partition coefficient (Wildman–Crippen LogP) is 4.06. The molecule has 1 fully saturated rings. The van der Waals surface area contributed by atoms with Gasteiger partial charge in [-0.1, -0.05) is 37.6 Å². The zero-order valence-corrected chi connectivity index (χ0v) is 20.6. The Morgan fingerprint density at radius 3 is 2.66 bits per heavy atom. The molecule has 0 radical (unpaired) electrons. The number of carbonyl (C=O) groups is 3. The number of fused-ring (bicyclic) bond motifs is 2. The third kappa shape index (κ3) is 4.71. The van der Waals surface area contributed by atoms with Gasteiger partial charge in [0.1, 0.15) is 16.3 Å². The lowest BCUT2D eigenvalue weighted by molar-refractivity contribution is -0.152. The second kappa shape index (κ2) is 10.5. The van der Waals surface area contributed by atoms with Crippen molar-refractivity contribution in [3.63, 3.8) is 0 Å². The zero-order valence-electron chi connectivity index (χ0n) is 19.7. The van der Waals surface area contributed by atoms with Gasteiger partial charge in [-0.25, -0.2) is 0 Å². The summed E-state index contributed by atoms with van der Waals surface area (Å²) in [5.74, 6) is -2.48. The smallest absolute Gasteiger partial charge is 0.313 e. The molecular weight excluding hydrogens is 470 g/mol. The number of Topliss-reactive ketones (excluding diaryl/α,β-unsaturated/α-hetero) is 2. The first-order valence-electron chi connectivity index (χ1n) is 12.0. The van der Waals surface area contributed by atoms with Crippen LogP contribution in [0.3, 0.4) is 0 Å². The van der Waals surface area contributed by atoms with Crippen LogP contribution in [0.25, 0.3) is 5.76 Å². The summed E-state index contributed by atoms with van der Waals surface area (Å²) in [4.78, 5) is 38.6. The fourth-order valence-corrected chi connectivity index (χ4v) is 6.56. The average Bonchev–Trinajstić information content (AvgIpc) is 2.87. The molecule has 0 amide bonds. The van der Waals surface area contributed by atoms with Crippen molar-refractivity contribution >= 4 is 35.1 Å². The fourth-order valence-electron chi connectivity index (χ4n) is 5.23. The standard InChI is InChI=1S/C26H31NO7S/c1-2-15(13-33-25(32)19-10-6-5-9-18(19)24(30)31)26(11-12-27)14-35-23-21(29)20(28)16-7-3-4-8-17(16)22(23)34-26/h3-4,7-8,15,19,30-31H,2,5-6,9-14,27H2,1H3/t15?,19-,26?/m0/s1. The molecule has 0 aromatic heterocycles. The Morgan fingerprint density at radius 1 is 1.23 bits per heavy atom. The molecule has 1 aromatic carbocycles. The van der Waals surface area contributed by atoms with Crippen LogP contribution in [0.1, 0.15) is 61.4 Å². The van der Waals surface area contributed by atoms with Crippen molar-refractivity contribution in [2.75, 3.05) is 18.9 Å². The number of esters is 1. The summed E-state index contributed by atoms with van der Waals surface area (Å²) in [5.41, 5.74) is 6.41. The lowest BCUT2D eigenvalue weighted by atomic mass is 9.82. The summed E-state index contributed by atoms with van der Waals surface area (Å²) < 4.78 is 12.3. The maximum atomic E-state index is 12.9. The molecule has 1 aliphatic heterocycles. The zero-order chi connectivity index (χ0) is 25.2. The number of carbonyl (C=O) groups excluding carboxylic acids is 3. The van der Waals surface area contributed by atoms with Crippen LogP contribution in [-0.2, 0) is 19.1 Å². The third-order valence-electron chi connectivity index (χ3n) is 7.21. The minimum Gasteiger partial charge on any atom is -0.484 e. The van der Waals surface area contributed by atoms with Crippen molar-refractivity contribution in [1.82, 2.24) is 0 Å². The number of aliphatic hydroxyl groups is 2. The summed E-state index contributed by atoms with van der Waals surface area (Å²) in [5, 5.41) is 19.2. The lowest BCUT2D eigenvalue weighted by Gasteiger charge is -2.45. The minimum atomic E-state index is -0.800. The van der Waals surface area contributed by atoms with Crippen LogP contribution >= 0.6 is 11.8 Å². The van der Waals surface area contributed by atoms with Gasteiger partial charge >= 0.3 is 5.97 Å². The van der Waals surface area contributed by atoms with Crippen molar-refractivity contribution in [3.05, 3.63) is 51.8 Å². The van der Waals surface area contributed by atoms with Crippen molar-refractivity contribution in [2.24, 2.45) is 17.6 Å². The van der Waals surface area contributed by atoms with Crippen LogP contribution in [0, 0.1) is 11.8 Å². The largest absolute Gasteiger partial charge is 0.484 e. The molecule has 0 bridgehead atoms. The van der Waals surface area contributed by atoms with Gasteiger partial charge in [0.05, 0.1) is 12.5 Å². The Bertz CT molecular complexity index is 1090. The highest BCUT2D eigenvalue weighted by molar-refractivity contribution is 8.04. The van der Waals surface area contributed by atoms with Gasteiger partial charge in [-0.15, -0.1) is 11.8 Å². The van der Waals surface area contributed by atoms with E-state index in [0.29, 0.717) is 65.3 Å². The Labute approximate surface area is 208 Å². The Morgan fingerprint density at radius 2 is 1.97 bits per heavy atom. The van der Waals surface area contributed by atoms with Gasteiger partial charge in [0.2, 0.25) is 11.6 Å². The SMILES string of the molecule is CCC(COC(=O)[C@H]1CCCCC1=C(O)O)C1(CCN)CSC2=C(O1)c1ccccc1C(=O)C2=O. The van der Waals surface area contributed by atoms with Gasteiger partial charge in [0.15, 0.2) is 0 Å². The van der Waals surface area contributed by atoms with Gasteiger partial charge in [0.25, 0.3) is 5.95 Å². The van der Waals surface area contributed by atoms with E-state index in [2.05, 4.69) is 0 Å². The number of ketones is 2. The quantitative estimate of drug-likeness (QED) is 0.287. The number of benzene rings is 1. The van der Waals surface area contributed by atoms with Gasteiger partial charge in [-0.2, -0.15) is 0 Å². The predicted molar refractivity (Wildman–Crippen MR) is 132 cm³/mol. The highest BCUT2D eigenvalue weighted by Crippen LogP contribution is 2.48. The van der Waals surface area contributed by atoms with Gasteiger partial charge < -0.3 is 25.4 Å². The number of aliphatic hydroxyl groups excluding tert-OH is 1. The number of ether oxygens (including phenoxy) is 2. The maximum absolute atomic E-state index is 12.9. The van der Waals surface area contributed by atoms with E-state index in [-0.39, 0.29) is 12.5 Å². The highest BCUT2D eigenvalue weighted by atomic mass is 32.2. The van der Waals surface area contributed by atoms with Crippen LogP contribution in [0.2, 0.25) is 0 Å². The molecule has 2 aliphatic carbocycles. The van der Waals surface area contributed by atoms with Gasteiger partial charge in [0, 0.05) is 34.8 Å². The summed E-state index contributed by atoms with van der Waals surface area (Å²) >= 11 is 1.29. The number of hydrogen-bond donors (Lipinski definition) is 3. The fraction of sp³-hybridized carbons (Fsp3) is 0.500. The van der Waals surface area contributed by atoms with E-state index in [4.69, 9.17) is 15.2 Å². The number of allylic oxidation sites excluding steroid dienone is 1. The van der Waals surface area contributed by atoms with Crippen molar-refractivity contribution < 1.29 is 34.1 Å². The summed E-state index contributed by atoms with van der Waals surface area (Å²) in [6.07, 6.45) is 3.69. The van der Waals surface area contributed by atoms with Crippen LogP contribution < -0.4 is 5.73 Å². The molecule has 4 N–H and O–H groups in total. The van der Waals surface area contributed by atoms with E-state index in [1.807, 2.05) is 6.92 Å².